The van der Waals surface area contributed by atoms with Crippen molar-refractivity contribution in [3.05, 3.63) is 188 Å². The Hall–Kier alpha value is -6.58. The van der Waals surface area contributed by atoms with E-state index in [1.54, 1.807) is 0 Å². The first kappa shape index (κ1) is 37.0. The van der Waals surface area contributed by atoms with Crippen LogP contribution in [0.3, 0.4) is 0 Å². The van der Waals surface area contributed by atoms with Crippen LogP contribution in [0, 0.1) is 5.92 Å². The lowest BCUT2D eigenvalue weighted by Gasteiger charge is -2.36. The molecule has 2 aromatic heterocycles. The van der Waals surface area contributed by atoms with Crippen LogP contribution >= 0.6 is 0 Å². The average Bonchev–Trinajstić information content (AvgIpc) is 3.83. The number of hydrogen-bond acceptors (Lipinski definition) is 1. The molecule has 0 amide bonds. The van der Waals surface area contributed by atoms with Gasteiger partial charge in [0.15, 0.2) is 0 Å². The second-order valence-electron chi connectivity index (χ2n) is 15.2. The number of rotatable bonds is 8. The first-order valence-corrected chi connectivity index (χ1v) is 21.0. The van der Waals surface area contributed by atoms with Crippen LogP contribution in [-0.4, -0.2) is 9.13 Å². The summed E-state index contributed by atoms with van der Waals surface area (Å²) in [5, 5.41) is 8.92. The lowest BCUT2D eigenvalue weighted by molar-refractivity contribution is 0.279. The molecular weight excluding hydrogens is 703 g/mol. The summed E-state index contributed by atoms with van der Waals surface area (Å²) in [7, 11) is 0. The van der Waals surface area contributed by atoms with Crippen LogP contribution < -0.4 is 5.32 Å². The number of allylic oxidation sites excluding steroid dienone is 7. The molecule has 0 fully saturated rings. The predicted molar refractivity (Wildman–Crippen MR) is 251 cm³/mol. The predicted octanol–water partition coefficient (Wildman–Crippen LogP) is 15.0. The maximum absolute atomic E-state index is 4.09. The summed E-state index contributed by atoms with van der Waals surface area (Å²) in [6.45, 7) is 14.8. The SMILES string of the molecule is C=C/C=C(\C=C/C)n1c2ccc(-c3cccc(-c4ccc5c(c4)C4=CC=CC(CC)C5(CC)N4)c3)cc2c2cc3c4ccccc4n(-c4ccccc4)c3cc21.CC. The Bertz CT molecular complexity index is 3000. The molecule has 0 saturated heterocycles. The Kier molecular flexibility index (Phi) is 9.61. The average molecular weight is 754 g/mol. The number of fused-ring (bicyclic) bond motifs is 11. The molecule has 58 heavy (non-hydrogen) atoms. The van der Waals surface area contributed by atoms with Gasteiger partial charge in [0, 0.05) is 50.1 Å². The van der Waals surface area contributed by atoms with Gasteiger partial charge in [0.05, 0.1) is 27.6 Å². The zero-order valence-electron chi connectivity index (χ0n) is 34.3. The van der Waals surface area contributed by atoms with E-state index in [4.69, 9.17) is 0 Å². The van der Waals surface area contributed by atoms with Crippen molar-refractivity contribution in [3.63, 3.8) is 0 Å². The summed E-state index contributed by atoms with van der Waals surface area (Å²) in [6.07, 6.45) is 17.3. The van der Waals surface area contributed by atoms with Crippen LogP contribution in [-0.2, 0) is 5.54 Å². The third kappa shape index (κ3) is 5.71. The fraction of sp³-hybridized carbons (Fsp3) is 0.164. The molecule has 10 rings (SSSR count). The Morgan fingerprint density at radius 1 is 0.690 bits per heavy atom. The first-order valence-electron chi connectivity index (χ1n) is 21.0. The maximum atomic E-state index is 4.09. The normalized spacial score (nSPS) is 17.4. The molecule has 2 atom stereocenters. The molecule has 2 aliphatic heterocycles. The summed E-state index contributed by atoms with van der Waals surface area (Å²) in [5.41, 5.74) is 15.8. The molecule has 0 aliphatic carbocycles. The summed E-state index contributed by atoms with van der Waals surface area (Å²) >= 11 is 0. The van der Waals surface area contributed by atoms with Crippen molar-refractivity contribution in [2.75, 3.05) is 0 Å². The van der Waals surface area contributed by atoms with E-state index in [0.29, 0.717) is 5.92 Å². The number of para-hydroxylation sites is 2. The summed E-state index contributed by atoms with van der Waals surface area (Å²) in [6, 6.07) is 47.4. The summed E-state index contributed by atoms with van der Waals surface area (Å²) in [4.78, 5) is 0. The summed E-state index contributed by atoms with van der Waals surface area (Å²) in [5.74, 6) is 0.456. The fourth-order valence-electron chi connectivity index (χ4n) is 9.78. The van der Waals surface area contributed by atoms with Crippen LogP contribution in [0.15, 0.2) is 177 Å². The smallest absolute Gasteiger partial charge is 0.0691 e. The zero-order valence-corrected chi connectivity index (χ0v) is 34.3. The van der Waals surface area contributed by atoms with Gasteiger partial charge in [0.25, 0.3) is 0 Å². The monoisotopic (exact) mass is 753 g/mol. The van der Waals surface area contributed by atoms with Gasteiger partial charge in [-0.25, -0.2) is 0 Å². The highest BCUT2D eigenvalue weighted by Gasteiger charge is 2.44. The van der Waals surface area contributed by atoms with Crippen molar-refractivity contribution in [2.45, 2.75) is 53.0 Å². The molecule has 6 aromatic carbocycles. The highest BCUT2D eigenvalue weighted by atomic mass is 15.0. The lowest BCUT2D eigenvalue weighted by Crippen LogP contribution is -2.41. The van der Waals surface area contributed by atoms with Crippen molar-refractivity contribution < 1.29 is 0 Å². The molecule has 0 radical (unpaired) electrons. The molecule has 286 valence electrons. The van der Waals surface area contributed by atoms with Gasteiger partial charge < -0.3 is 14.5 Å². The van der Waals surface area contributed by atoms with Crippen molar-refractivity contribution in [1.82, 2.24) is 14.5 Å². The van der Waals surface area contributed by atoms with Gasteiger partial charge in [0.1, 0.15) is 0 Å². The summed E-state index contributed by atoms with van der Waals surface area (Å²) < 4.78 is 4.79. The molecular formula is C55H51N3. The molecule has 0 saturated carbocycles. The fourth-order valence-corrected chi connectivity index (χ4v) is 9.78. The van der Waals surface area contributed by atoms with Gasteiger partial charge in [-0.2, -0.15) is 0 Å². The van der Waals surface area contributed by atoms with Gasteiger partial charge in [-0.3, -0.25) is 0 Å². The van der Waals surface area contributed by atoms with E-state index in [9.17, 15) is 0 Å². The van der Waals surface area contributed by atoms with Crippen LogP contribution in [0.1, 0.15) is 58.6 Å². The molecule has 0 spiro atoms. The minimum atomic E-state index is -0.0481. The van der Waals surface area contributed by atoms with E-state index >= 15 is 0 Å². The Morgan fingerprint density at radius 2 is 1.40 bits per heavy atom. The zero-order chi connectivity index (χ0) is 40.0. The van der Waals surface area contributed by atoms with Crippen LogP contribution in [0.4, 0.5) is 0 Å². The van der Waals surface area contributed by atoms with Crippen LogP contribution in [0.2, 0.25) is 0 Å². The number of nitrogens with zero attached hydrogens (tertiary/aromatic N) is 2. The molecule has 2 unspecified atom stereocenters. The van der Waals surface area contributed by atoms with Crippen LogP contribution in [0.25, 0.3) is 82.9 Å². The van der Waals surface area contributed by atoms with E-state index in [1.165, 1.54) is 77.2 Å². The molecule has 8 aromatic rings. The Labute approximate surface area is 342 Å². The van der Waals surface area contributed by atoms with Crippen LogP contribution in [0.5, 0.6) is 0 Å². The van der Waals surface area contributed by atoms with Gasteiger partial charge in [-0.05, 0) is 120 Å². The minimum Gasteiger partial charge on any atom is -0.374 e. The highest BCUT2D eigenvalue weighted by molar-refractivity contribution is 6.20. The van der Waals surface area contributed by atoms with Gasteiger partial charge in [-0.1, -0.05) is 131 Å². The lowest BCUT2D eigenvalue weighted by atomic mass is 9.74. The second kappa shape index (κ2) is 15.1. The largest absolute Gasteiger partial charge is 0.374 e. The van der Waals surface area contributed by atoms with E-state index in [1.807, 2.05) is 19.9 Å². The van der Waals surface area contributed by atoms with E-state index < -0.39 is 0 Å². The minimum absolute atomic E-state index is 0.0481. The van der Waals surface area contributed by atoms with Gasteiger partial charge in [-0.15, -0.1) is 0 Å². The number of aromatic nitrogens is 2. The van der Waals surface area contributed by atoms with Gasteiger partial charge in [0.2, 0.25) is 0 Å². The topological polar surface area (TPSA) is 21.9 Å². The molecule has 1 N–H and O–H groups in total. The molecule has 4 heterocycles. The van der Waals surface area contributed by atoms with E-state index in [2.05, 4.69) is 206 Å². The maximum Gasteiger partial charge on any atom is 0.0691 e. The molecule has 2 aliphatic rings. The van der Waals surface area contributed by atoms with Crippen molar-refractivity contribution in [3.8, 4) is 27.9 Å². The second-order valence-corrected chi connectivity index (χ2v) is 15.2. The van der Waals surface area contributed by atoms with Crippen molar-refractivity contribution in [1.29, 1.82) is 0 Å². The van der Waals surface area contributed by atoms with Gasteiger partial charge >= 0.3 is 0 Å². The molecule has 3 heteroatoms. The number of nitrogens with one attached hydrogen (secondary N) is 1. The number of benzene rings is 6. The molecule has 3 nitrogen and oxygen atoms in total. The standard InChI is InChI=1S/C53H45N3.C2H6/c1-5-16-40(17-6-2)55-50-29-27-38(31-43(50)45-33-44-42-23-12-13-25-49(42)56(51(44)34-52(45)55)41-21-10-9-11-22-41)36-19-14-18-35(30-36)37-26-28-47-46(32-37)48-24-15-20-39(7-3)53(47,8-4)54-48;1-2/h5-6,9-34,39,54H,1,7-8H2,2-4H3;1-2H3/b17-6-,40-16+;. The third-order valence-electron chi connectivity index (χ3n) is 12.4. The first-order chi connectivity index (χ1) is 28.6. The molecule has 2 bridgehead atoms. The Balaban J connectivity index is 0.00000215. The number of hydrogen-bond donors (Lipinski definition) is 1. The van der Waals surface area contributed by atoms with Crippen molar-refractivity contribution >= 4 is 55.0 Å². The van der Waals surface area contributed by atoms with E-state index in [-0.39, 0.29) is 5.54 Å². The third-order valence-corrected chi connectivity index (χ3v) is 12.4. The quantitative estimate of drug-likeness (QED) is 0.153. The van der Waals surface area contributed by atoms with E-state index in [0.717, 1.165) is 29.7 Å². The van der Waals surface area contributed by atoms with Crippen molar-refractivity contribution in [2.24, 2.45) is 5.92 Å². The Morgan fingerprint density at radius 3 is 2.16 bits per heavy atom. The highest BCUT2D eigenvalue weighted by Crippen LogP contribution is 2.48.